The lowest BCUT2D eigenvalue weighted by Crippen LogP contribution is -2.34. The number of nitrogens with one attached hydrogen (secondary N) is 1. The van der Waals surface area contributed by atoms with E-state index in [4.69, 9.17) is 0 Å². The van der Waals surface area contributed by atoms with Crippen LogP contribution in [-0.4, -0.2) is 9.55 Å². The second-order valence-corrected chi connectivity index (χ2v) is 5.75. The molecule has 1 N–H and O–H groups in total. The van der Waals surface area contributed by atoms with Crippen LogP contribution in [0.15, 0.2) is 46.0 Å². The van der Waals surface area contributed by atoms with Crippen molar-refractivity contribution in [3.63, 3.8) is 0 Å². The van der Waals surface area contributed by atoms with E-state index >= 15 is 0 Å². The third-order valence-corrected chi connectivity index (χ3v) is 4.45. The van der Waals surface area contributed by atoms with Gasteiger partial charge in [-0.25, -0.2) is 4.79 Å². The van der Waals surface area contributed by atoms with Crippen LogP contribution in [0.25, 0.3) is 10.2 Å². The Kier molecular flexibility index (Phi) is 3.28. The van der Waals surface area contributed by atoms with Gasteiger partial charge in [-0.15, -0.1) is 11.3 Å². The van der Waals surface area contributed by atoms with Gasteiger partial charge in [-0.3, -0.25) is 14.3 Å². The second-order valence-electron chi connectivity index (χ2n) is 4.62. The minimum Gasteiger partial charge on any atom is -0.298 e. The fraction of sp³-hybridized carbons (Fsp3) is 0.200. The molecule has 4 nitrogen and oxygen atoms in total. The van der Waals surface area contributed by atoms with Crippen molar-refractivity contribution in [1.29, 1.82) is 0 Å². The summed E-state index contributed by atoms with van der Waals surface area (Å²) in [6.07, 6.45) is 0.861. The Labute approximate surface area is 119 Å². The zero-order chi connectivity index (χ0) is 14.1. The number of aryl methyl sites for hydroxylation is 1. The minimum atomic E-state index is -0.351. The molecule has 0 radical (unpaired) electrons. The number of hydrogen-bond acceptors (Lipinski definition) is 3. The lowest BCUT2D eigenvalue weighted by molar-refractivity contribution is 0.713. The van der Waals surface area contributed by atoms with Gasteiger partial charge in [0.15, 0.2) is 0 Å². The summed E-state index contributed by atoms with van der Waals surface area (Å²) in [5.74, 6) is 0. The van der Waals surface area contributed by atoms with Crippen molar-refractivity contribution in [2.45, 2.75) is 19.9 Å². The van der Waals surface area contributed by atoms with Gasteiger partial charge in [-0.05, 0) is 18.1 Å². The maximum Gasteiger partial charge on any atom is 0.329 e. The Hall–Kier alpha value is -2.14. The third-order valence-electron chi connectivity index (χ3n) is 3.26. The number of aromatic nitrogens is 2. The van der Waals surface area contributed by atoms with Gasteiger partial charge in [0, 0.05) is 4.88 Å². The molecular formula is C15H14N2O2S. The number of thiophene rings is 1. The Bertz CT molecular complexity index is 859. The van der Waals surface area contributed by atoms with Gasteiger partial charge < -0.3 is 0 Å². The van der Waals surface area contributed by atoms with Crippen LogP contribution in [0, 0.1) is 0 Å². The summed E-state index contributed by atoms with van der Waals surface area (Å²) in [5.41, 5.74) is 0.366. The molecule has 0 saturated carbocycles. The van der Waals surface area contributed by atoms with Crippen LogP contribution in [0.1, 0.15) is 17.4 Å². The van der Waals surface area contributed by atoms with Crippen LogP contribution in [0.4, 0.5) is 0 Å². The zero-order valence-corrected chi connectivity index (χ0v) is 11.9. The van der Waals surface area contributed by atoms with E-state index in [0.717, 1.165) is 16.9 Å². The maximum absolute atomic E-state index is 12.4. The van der Waals surface area contributed by atoms with Crippen molar-refractivity contribution in [1.82, 2.24) is 9.55 Å². The molecule has 3 rings (SSSR count). The van der Waals surface area contributed by atoms with Gasteiger partial charge >= 0.3 is 5.69 Å². The molecule has 3 aromatic rings. The van der Waals surface area contributed by atoms with E-state index in [1.54, 1.807) is 0 Å². The number of nitrogens with zero attached hydrogens (tertiary/aromatic N) is 1. The zero-order valence-electron chi connectivity index (χ0n) is 11.1. The van der Waals surface area contributed by atoms with E-state index in [-0.39, 0.29) is 11.2 Å². The topological polar surface area (TPSA) is 54.9 Å². The third kappa shape index (κ3) is 2.20. The number of rotatable bonds is 3. The first-order valence-corrected chi connectivity index (χ1v) is 7.30. The van der Waals surface area contributed by atoms with E-state index in [0.29, 0.717) is 16.8 Å². The van der Waals surface area contributed by atoms with E-state index in [9.17, 15) is 9.59 Å². The lowest BCUT2D eigenvalue weighted by atomic mass is 10.2. The van der Waals surface area contributed by atoms with Gasteiger partial charge in [-0.1, -0.05) is 37.3 Å². The summed E-state index contributed by atoms with van der Waals surface area (Å²) >= 11 is 1.47. The predicted octanol–water partition coefficient (Wildman–Crippen LogP) is 2.36. The molecule has 5 heteroatoms. The summed E-state index contributed by atoms with van der Waals surface area (Å²) in [6, 6.07) is 11.4. The number of fused-ring (bicyclic) bond motifs is 1. The number of hydrogen-bond donors (Lipinski definition) is 1. The highest BCUT2D eigenvalue weighted by Gasteiger charge is 2.10. The van der Waals surface area contributed by atoms with Crippen molar-refractivity contribution in [3.8, 4) is 0 Å². The summed E-state index contributed by atoms with van der Waals surface area (Å²) in [6.45, 7) is 2.33. The normalized spacial score (nSPS) is 11.1. The molecule has 2 aromatic heterocycles. The lowest BCUT2D eigenvalue weighted by Gasteiger charge is -2.04. The van der Waals surface area contributed by atoms with Crippen molar-refractivity contribution in [3.05, 3.63) is 67.7 Å². The monoisotopic (exact) mass is 286 g/mol. The molecule has 1 aromatic carbocycles. The average molecular weight is 286 g/mol. The van der Waals surface area contributed by atoms with Crippen molar-refractivity contribution >= 4 is 21.6 Å². The van der Waals surface area contributed by atoms with E-state index in [1.807, 2.05) is 43.3 Å². The van der Waals surface area contributed by atoms with Crippen LogP contribution >= 0.6 is 11.3 Å². The van der Waals surface area contributed by atoms with Crippen LogP contribution in [0.3, 0.4) is 0 Å². The maximum atomic E-state index is 12.4. The molecule has 0 saturated heterocycles. The number of aromatic amines is 1. The quantitative estimate of drug-likeness (QED) is 0.803. The summed E-state index contributed by atoms with van der Waals surface area (Å²) in [5, 5.41) is 0.599. The highest BCUT2D eigenvalue weighted by atomic mass is 32.1. The van der Waals surface area contributed by atoms with Crippen molar-refractivity contribution in [2.75, 3.05) is 0 Å². The molecule has 0 spiro atoms. The van der Waals surface area contributed by atoms with E-state index in [1.165, 1.54) is 15.9 Å². The smallest absolute Gasteiger partial charge is 0.298 e. The predicted molar refractivity (Wildman–Crippen MR) is 81.6 cm³/mol. The van der Waals surface area contributed by atoms with Gasteiger partial charge in [0.25, 0.3) is 5.56 Å². The molecule has 0 fully saturated rings. The van der Waals surface area contributed by atoms with Gasteiger partial charge in [0.2, 0.25) is 0 Å². The molecular weight excluding hydrogens is 272 g/mol. The molecule has 0 atom stereocenters. The van der Waals surface area contributed by atoms with Gasteiger partial charge in [0.05, 0.1) is 11.9 Å². The Morgan fingerprint density at radius 2 is 1.95 bits per heavy atom. The molecule has 0 aliphatic heterocycles. The largest absolute Gasteiger partial charge is 0.329 e. The van der Waals surface area contributed by atoms with Crippen LogP contribution in [0.5, 0.6) is 0 Å². The number of benzene rings is 1. The van der Waals surface area contributed by atoms with Crippen LogP contribution in [0.2, 0.25) is 0 Å². The first-order valence-electron chi connectivity index (χ1n) is 6.48. The Balaban J connectivity index is 2.16. The fourth-order valence-corrected chi connectivity index (χ4v) is 3.16. The molecule has 102 valence electrons. The summed E-state index contributed by atoms with van der Waals surface area (Å²) in [7, 11) is 0. The molecule has 0 unspecified atom stereocenters. The molecule has 0 aliphatic rings. The van der Waals surface area contributed by atoms with Crippen LogP contribution in [-0.2, 0) is 13.0 Å². The van der Waals surface area contributed by atoms with E-state index in [2.05, 4.69) is 4.98 Å². The summed E-state index contributed by atoms with van der Waals surface area (Å²) < 4.78 is 1.25. The van der Waals surface area contributed by atoms with Gasteiger partial charge in [0.1, 0.15) is 4.83 Å². The van der Waals surface area contributed by atoms with Crippen molar-refractivity contribution < 1.29 is 0 Å². The SMILES string of the molecule is CCc1cc2c(=O)n(Cc3ccccc3)c(=O)[nH]c2s1. The highest BCUT2D eigenvalue weighted by Crippen LogP contribution is 2.20. The average Bonchev–Trinajstić information content (AvgIpc) is 2.88. The number of H-pyrrole nitrogens is 1. The highest BCUT2D eigenvalue weighted by molar-refractivity contribution is 7.18. The first-order chi connectivity index (χ1) is 9.69. The molecule has 20 heavy (non-hydrogen) atoms. The fourth-order valence-electron chi connectivity index (χ4n) is 2.18. The van der Waals surface area contributed by atoms with E-state index < -0.39 is 0 Å². The van der Waals surface area contributed by atoms with Crippen molar-refractivity contribution in [2.24, 2.45) is 0 Å². The van der Waals surface area contributed by atoms with Crippen LogP contribution < -0.4 is 11.2 Å². The molecule has 0 aliphatic carbocycles. The molecule has 2 heterocycles. The standard InChI is InChI=1S/C15H14N2O2S/c1-2-11-8-12-13(20-11)16-15(19)17(14(12)18)9-10-6-4-3-5-7-10/h3-8H,2,9H2,1H3,(H,16,19). The second kappa shape index (κ2) is 5.09. The first kappa shape index (κ1) is 12.9. The van der Waals surface area contributed by atoms with Gasteiger partial charge in [-0.2, -0.15) is 0 Å². The minimum absolute atomic E-state index is 0.219. The molecule has 0 bridgehead atoms. The summed E-state index contributed by atoms with van der Waals surface area (Å²) in [4.78, 5) is 29.1. The molecule has 0 amide bonds. The Morgan fingerprint density at radius 3 is 2.65 bits per heavy atom. The Morgan fingerprint density at radius 1 is 1.20 bits per heavy atom.